The predicted molar refractivity (Wildman–Crippen MR) is 73.8 cm³/mol. The highest BCUT2D eigenvalue weighted by Gasteiger charge is 2.39. The number of nitrogens with one attached hydrogen (secondary N) is 1. The first-order valence-electron chi connectivity index (χ1n) is 6.34. The number of benzene rings is 1. The zero-order chi connectivity index (χ0) is 14.9. The summed E-state index contributed by atoms with van der Waals surface area (Å²) >= 11 is 0. The first-order valence-corrected chi connectivity index (χ1v) is 6.34. The van der Waals surface area contributed by atoms with Crippen LogP contribution in [0.25, 0.3) is 0 Å². The number of carbonyl (C=O) groups is 2. The number of ether oxygens (including phenoxy) is 1. The number of fused-ring (bicyclic) bond motifs is 1. The molecule has 6 heteroatoms. The van der Waals surface area contributed by atoms with Crippen LogP contribution >= 0.6 is 0 Å². The molecule has 1 aromatic rings. The van der Waals surface area contributed by atoms with E-state index in [0.717, 1.165) is 5.69 Å². The van der Waals surface area contributed by atoms with Gasteiger partial charge >= 0.3 is 5.97 Å². The van der Waals surface area contributed by atoms with Gasteiger partial charge in [0.05, 0.1) is 12.2 Å². The van der Waals surface area contributed by atoms with Crippen molar-refractivity contribution in [3.63, 3.8) is 0 Å². The number of rotatable bonds is 3. The fourth-order valence-corrected chi connectivity index (χ4v) is 1.89. The predicted octanol–water partition coefficient (Wildman–Crippen LogP) is 1.18. The zero-order valence-corrected chi connectivity index (χ0v) is 11.7. The number of para-hydroxylation sites is 2. The fraction of sp³-hybridized carbons (Fsp3) is 0.429. The number of aliphatic carboxylic acids is 1. The van der Waals surface area contributed by atoms with Gasteiger partial charge in [-0.2, -0.15) is 0 Å². The number of carbonyl (C=O) groups excluding carboxylic acids is 1. The second kappa shape index (κ2) is 5.03. The first-order chi connectivity index (χ1) is 9.34. The van der Waals surface area contributed by atoms with Gasteiger partial charge in [0.2, 0.25) is 0 Å². The molecule has 1 atom stereocenters. The number of carboxylic acid groups (broad SMARTS) is 1. The number of hydrogen-bond donors (Lipinski definition) is 2. The molecule has 0 aromatic heterocycles. The molecule has 2 rings (SSSR count). The Morgan fingerprint density at radius 1 is 1.40 bits per heavy atom. The molecule has 0 spiro atoms. The van der Waals surface area contributed by atoms with Crippen LogP contribution in [0.15, 0.2) is 24.3 Å². The van der Waals surface area contributed by atoms with Gasteiger partial charge in [0.15, 0.2) is 6.10 Å². The van der Waals surface area contributed by atoms with Crippen LogP contribution in [-0.4, -0.2) is 47.1 Å². The second-order valence-electron chi connectivity index (χ2n) is 5.24. The molecule has 2 N–H and O–H groups in total. The summed E-state index contributed by atoms with van der Waals surface area (Å²) in [5, 5.41) is 12.3. The van der Waals surface area contributed by atoms with Crippen molar-refractivity contribution in [1.82, 2.24) is 4.90 Å². The van der Waals surface area contributed by atoms with Gasteiger partial charge in [-0.1, -0.05) is 12.1 Å². The Kier molecular flexibility index (Phi) is 3.57. The van der Waals surface area contributed by atoms with Crippen molar-refractivity contribution in [3.05, 3.63) is 24.3 Å². The third kappa shape index (κ3) is 2.41. The Labute approximate surface area is 117 Å². The van der Waals surface area contributed by atoms with E-state index in [1.165, 1.54) is 25.8 Å². The molecule has 0 fully saturated rings. The summed E-state index contributed by atoms with van der Waals surface area (Å²) in [4.78, 5) is 24.8. The Bertz CT molecular complexity index is 542. The summed E-state index contributed by atoms with van der Waals surface area (Å²) in [7, 11) is 1.47. The van der Waals surface area contributed by atoms with Crippen molar-refractivity contribution < 1.29 is 19.4 Å². The molecule has 6 nitrogen and oxygen atoms in total. The summed E-state index contributed by atoms with van der Waals surface area (Å²) < 4.78 is 5.64. The third-order valence-electron chi connectivity index (χ3n) is 3.60. The van der Waals surface area contributed by atoms with Crippen molar-refractivity contribution in [2.45, 2.75) is 25.5 Å². The molecular formula is C14H18N2O4. The maximum Gasteiger partial charge on any atom is 0.329 e. The van der Waals surface area contributed by atoms with Gasteiger partial charge < -0.3 is 20.1 Å². The first kappa shape index (κ1) is 14.2. The second-order valence-corrected chi connectivity index (χ2v) is 5.24. The van der Waals surface area contributed by atoms with Crippen molar-refractivity contribution >= 4 is 17.6 Å². The number of carboxylic acids is 1. The number of amides is 1. The number of nitrogens with zero attached hydrogens (tertiary/aromatic N) is 1. The molecule has 0 saturated carbocycles. The minimum Gasteiger partial charge on any atom is -0.480 e. The fourth-order valence-electron chi connectivity index (χ4n) is 1.89. The lowest BCUT2D eigenvalue weighted by atomic mass is 10.0. The largest absolute Gasteiger partial charge is 0.480 e. The zero-order valence-electron chi connectivity index (χ0n) is 11.7. The van der Waals surface area contributed by atoms with Crippen LogP contribution in [0.2, 0.25) is 0 Å². The van der Waals surface area contributed by atoms with E-state index in [0.29, 0.717) is 12.3 Å². The molecule has 1 heterocycles. The molecule has 0 radical (unpaired) electrons. The molecule has 20 heavy (non-hydrogen) atoms. The van der Waals surface area contributed by atoms with Gasteiger partial charge in [0.1, 0.15) is 11.3 Å². The van der Waals surface area contributed by atoms with Gasteiger partial charge in [-0.3, -0.25) is 4.79 Å². The van der Waals surface area contributed by atoms with E-state index in [4.69, 9.17) is 9.84 Å². The van der Waals surface area contributed by atoms with E-state index in [2.05, 4.69) is 5.32 Å². The third-order valence-corrected chi connectivity index (χ3v) is 3.60. The minimum absolute atomic E-state index is 0.315. The molecule has 1 amide bonds. The Morgan fingerprint density at radius 3 is 2.70 bits per heavy atom. The van der Waals surface area contributed by atoms with Crippen LogP contribution in [0.3, 0.4) is 0 Å². The lowest BCUT2D eigenvalue weighted by Gasteiger charge is -2.35. The van der Waals surface area contributed by atoms with E-state index < -0.39 is 17.6 Å². The minimum atomic E-state index is -1.28. The van der Waals surface area contributed by atoms with E-state index in [-0.39, 0.29) is 5.91 Å². The molecule has 1 aliphatic rings. The Morgan fingerprint density at radius 2 is 2.05 bits per heavy atom. The van der Waals surface area contributed by atoms with Crippen LogP contribution < -0.4 is 10.1 Å². The highest BCUT2D eigenvalue weighted by molar-refractivity contribution is 5.89. The van der Waals surface area contributed by atoms with Gasteiger partial charge in [0, 0.05) is 7.05 Å². The molecule has 0 bridgehead atoms. The van der Waals surface area contributed by atoms with Gasteiger partial charge in [-0.15, -0.1) is 0 Å². The number of hydrogen-bond acceptors (Lipinski definition) is 4. The van der Waals surface area contributed by atoms with Crippen molar-refractivity contribution in [3.8, 4) is 5.75 Å². The van der Waals surface area contributed by atoms with Crippen LogP contribution in [0.5, 0.6) is 5.75 Å². The SMILES string of the molecule is CN(C(=O)C1CNc2ccccc2O1)C(C)(C)C(=O)O. The lowest BCUT2D eigenvalue weighted by molar-refractivity contribution is -0.158. The highest BCUT2D eigenvalue weighted by atomic mass is 16.5. The monoisotopic (exact) mass is 278 g/mol. The smallest absolute Gasteiger partial charge is 0.329 e. The summed E-state index contributed by atoms with van der Waals surface area (Å²) in [5.74, 6) is -0.824. The maximum atomic E-state index is 12.4. The number of anilines is 1. The normalized spacial score (nSPS) is 17.4. The summed E-state index contributed by atoms with van der Waals surface area (Å²) in [5.41, 5.74) is -0.450. The summed E-state index contributed by atoms with van der Waals surface area (Å²) in [6, 6.07) is 7.32. The maximum absolute atomic E-state index is 12.4. The summed E-state index contributed by atoms with van der Waals surface area (Å²) in [6.07, 6.45) is -0.728. The van der Waals surface area contributed by atoms with Crippen LogP contribution in [0.1, 0.15) is 13.8 Å². The Hall–Kier alpha value is -2.24. The topological polar surface area (TPSA) is 78.9 Å². The van der Waals surface area contributed by atoms with Crippen molar-refractivity contribution in [2.75, 3.05) is 18.9 Å². The van der Waals surface area contributed by atoms with E-state index in [9.17, 15) is 9.59 Å². The molecule has 1 unspecified atom stereocenters. The molecule has 108 valence electrons. The van der Waals surface area contributed by atoms with Crippen LogP contribution in [-0.2, 0) is 9.59 Å². The molecule has 1 aliphatic heterocycles. The van der Waals surface area contributed by atoms with Crippen LogP contribution in [0.4, 0.5) is 5.69 Å². The van der Waals surface area contributed by atoms with Crippen LogP contribution in [0, 0.1) is 0 Å². The van der Waals surface area contributed by atoms with E-state index >= 15 is 0 Å². The molecular weight excluding hydrogens is 260 g/mol. The standard InChI is InChI=1S/C14H18N2O4/c1-14(2,13(18)19)16(3)12(17)11-8-15-9-6-4-5-7-10(9)20-11/h4-7,11,15H,8H2,1-3H3,(H,18,19). The molecule has 1 aromatic carbocycles. The highest BCUT2D eigenvalue weighted by Crippen LogP contribution is 2.29. The molecule has 0 saturated heterocycles. The van der Waals surface area contributed by atoms with Crippen molar-refractivity contribution in [2.24, 2.45) is 0 Å². The lowest BCUT2D eigenvalue weighted by Crippen LogP contribution is -2.56. The summed E-state index contributed by atoms with van der Waals surface area (Å²) in [6.45, 7) is 3.28. The average molecular weight is 278 g/mol. The van der Waals surface area contributed by atoms with Gasteiger partial charge in [-0.25, -0.2) is 4.79 Å². The van der Waals surface area contributed by atoms with E-state index in [1.54, 1.807) is 6.07 Å². The molecule has 0 aliphatic carbocycles. The van der Waals surface area contributed by atoms with Crippen molar-refractivity contribution in [1.29, 1.82) is 0 Å². The average Bonchev–Trinajstić information content (AvgIpc) is 2.44. The van der Waals surface area contributed by atoms with E-state index in [1.807, 2.05) is 18.2 Å². The Balaban J connectivity index is 2.14. The van der Waals surface area contributed by atoms with Gasteiger partial charge in [0.25, 0.3) is 5.91 Å². The number of likely N-dealkylation sites (N-methyl/N-ethyl adjacent to an activating group) is 1. The van der Waals surface area contributed by atoms with Gasteiger partial charge in [-0.05, 0) is 26.0 Å². The quantitative estimate of drug-likeness (QED) is 0.868.